The van der Waals surface area contributed by atoms with Crippen molar-refractivity contribution in [3.8, 4) is 11.5 Å². The highest BCUT2D eigenvalue weighted by molar-refractivity contribution is 9.10. The summed E-state index contributed by atoms with van der Waals surface area (Å²) in [5.41, 5.74) is 3.34. The number of benzene rings is 2. The number of methoxy groups -OCH3 is 1. The van der Waals surface area contributed by atoms with Crippen molar-refractivity contribution < 1.29 is 18.3 Å². The molecule has 0 aliphatic heterocycles. The molecule has 0 radical (unpaired) electrons. The van der Waals surface area contributed by atoms with Crippen molar-refractivity contribution in [1.82, 2.24) is 0 Å². The van der Waals surface area contributed by atoms with Gasteiger partial charge in [-0.05, 0) is 52.2 Å². The van der Waals surface area contributed by atoms with Crippen LogP contribution in [0.3, 0.4) is 0 Å². The second-order valence-electron chi connectivity index (χ2n) is 4.88. The Kier molecular flexibility index (Phi) is 6.54. The first-order chi connectivity index (χ1) is 11.5. The predicted octanol–water partition coefficient (Wildman–Crippen LogP) is 4.97. The summed E-state index contributed by atoms with van der Waals surface area (Å²) in [6, 6.07) is 6.78. The van der Waals surface area contributed by atoms with Gasteiger partial charge in [0.05, 0.1) is 30.1 Å². The zero-order valence-electron chi connectivity index (χ0n) is 13.3. The second-order valence-corrected chi connectivity index (χ2v) is 5.73. The van der Waals surface area contributed by atoms with Gasteiger partial charge >= 0.3 is 0 Å². The number of ether oxygens (including phenoxy) is 2. The fourth-order valence-electron chi connectivity index (χ4n) is 1.92. The summed E-state index contributed by atoms with van der Waals surface area (Å²) < 4.78 is 38.1. The van der Waals surface area contributed by atoms with Crippen molar-refractivity contribution in [2.24, 2.45) is 5.10 Å². The molecule has 0 unspecified atom stereocenters. The van der Waals surface area contributed by atoms with Crippen LogP contribution >= 0.6 is 15.9 Å². The molecule has 24 heavy (non-hydrogen) atoms. The van der Waals surface area contributed by atoms with Crippen LogP contribution in [0.5, 0.6) is 11.5 Å². The fourth-order valence-corrected chi connectivity index (χ4v) is 2.49. The minimum absolute atomic E-state index is 0.0848. The maximum Gasteiger partial charge on any atom is 0.175 e. The normalized spacial score (nSPS) is 10.9. The standard InChI is InChI=1S/C17H17BrF2N2O2/c1-3-6-24-17-13(18)7-11(8-16(17)23-2)10-21-22-15-5-4-12(19)9-14(15)20/h4-5,7-10,22H,3,6H2,1-2H3/b21-10+. The second kappa shape index (κ2) is 8.63. The molecule has 0 spiro atoms. The third-order valence-electron chi connectivity index (χ3n) is 3.03. The van der Waals surface area contributed by atoms with E-state index in [1.165, 1.54) is 12.3 Å². The van der Waals surface area contributed by atoms with Crippen molar-refractivity contribution >= 4 is 27.8 Å². The van der Waals surface area contributed by atoms with Gasteiger partial charge in [0.25, 0.3) is 0 Å². The van der Waals surface area contributed by atoms with Gasteiger partial charge in [-0.15, -0.1) is 0 Å². The summed E-state index contributed by atoms with van der Waals surface area (Å²) in [4.78, 5) is 0. The molecule has 0 bridgehead atoms. The summed E-state index contributed by atoms with van der Waals surface area (Å²) >= 11 is 3.44. The first kappa shape index (κ1) is 18.2. The first-order valence-electron chi connectivity index (χ1n) is 7.29. The van der Waals surface area contributed by atoms with Gasteiger partial charge in [-0.2, -0.15) is 5.10 Å². The average Bonchev–Trinajstić information content (AvgIpc) is 2.55. The molecule has 0 atom stereocenters. The Hall–Kier alpha value is -2.15. The molecule has 0 fully saturated rings. The van der Waals surface area contributed by atoms with Crippen LogP contribution in [0.1, 0.15) is 18.9 Å². The van der Waals surface area contributed by atoms with Crippen molar-refractivity contribution in [2.45, 2.75) is 13.3 Å². The monoisotopic (exact) mass is 398 g/mol. The Labute approximate surface area is 147 Å². The number of hydrazone groups is 1. The van der Waals surface area contributed by atoms with Gasteiger partial charge in [0.1, 0.15) is 5.82 Å². The van der Waals surface area contributed by atoms with E-state index in [4.69, 9.17) is 9.47 Å². The van der Waals surface area contributed by atoms with E-state index >= 15 is 0 Å². The molecular formula is C17H17BrF2N2O2. The quantitative estimate of drug-likeness (QED) is 0.528. The van der Waals surface area contributed by atoms with E-state index in [9.17, 15) is 8.78 Å². The summed E-state index contributed by atoms with van der Waals surface area (Å²) in [6.07, 6.45) is 2.38. The Morgan fingerprint density at radius 2 is 2.04 bits per heavy atom. The summed E-state index contributed by atoms with van der Waals surface area (Å²) in [6.45, 7) is 2.59. The Morgan fingerprint density at radius 3 is 2.71 bits per heavy atom. The van der Waals surface area contributed by atoms with E-state index < -0.39 is 11.6 Å². The number of hydrogen-bond donors (Lipinski definition) is 1. The molecule has 0 aliphatic carbocycles. The van der Waals surface area contributed by atoms with Crippen molar-refractivity contribution in [1.29, 1.82) is 0 Å². The maximum absolute atomic E-state index is 13.5. The number of rotatable bonds is 7. The van der Waals surface area contributed by atoms with Crippen molar-refractivity contribution in [3.63, 3.8) is 0 Å². The lowest BCUT2D eigenvalue weighted by Gasteiger charge is -2.12. The summed E-state index contributed by atoms with van der Waals surface area (Å²) in [7, 11) is 1.55. The van der Waals surface area contributed by atoms with Crippen LogP contribution in [0.25, 0.3) is 0 Å². The minimum atomic E-state index is -0.714. The maximum atomic E-state index is 13.5. The van der Waals surface area contributed by atoms with Crippen LogP contribution in [0.15, 0.2) is 39.9 Å². The van der Waals surface area contributed by atoms with E-state index in [1.807, 2.05) is 6.92 Å². The van der Waals surface area contributed by atoms with Crippen LogP contribution in [-0.4, -0.2) is 19.9 Å². The largest absolute Gasteiger partial charge is 0.493 e. The molecule has 7 heteroatoms. The van der Waals surface area contributed by atoms with Gasteiger partial charge < -0.3 is 9.47 Å². The van der Waals surface area contributed by atoms with Crippen LogP contribution in [-0.2, 0) is 0 Å². The van der Waals surface area contributed by atoms with E-state index in [1.54, 1.807) is 19.2 Å². The molecule has 0 heterocycles. The highest BCUT2D eigenvalue weighted by atomic mass is 79.9. The number of anilines is 1. The zero-order chi connectivity index (χ0) is 17.5. The van der Waals surface area contributed by atoms with Gasteiger partial charge in [0, 0.05) is 6.07 Å². The van der Waals surface area contributed by atoms with Crippen LogP contribution in [0, 0.1) is 11.6 Å². The van der Waals surface area contributed by atoms with E-state index in [2.05, 4.69) is 26.5 Å². The third kappa shape index (κ3) is 4.67. The lowest BCUT2D eigenvalue weighted by Crippen LogP contribution is -2.00. The molecule has 2 aromatic rings. The van der Waals surface area contributed by atoms with Crippen molar-refractivity contribution in [2.75, 3.05) is 19.1 Å². The number of nitrogens with one attached hydrogen (secondary N) is 1. The molecule has 4 nitrogen and oxygen atoms in total. The van der Waals surface area contributed by atoms with Crippen LogP contribution in [0.2, 0.25) is 0 Å². The predicted molar refractivity (Wildman–Crippen MR) is 94.1 cm³/mol. The SMILES string of the molecule is CCCOc1c(Br)cc(/C=N/Nc2ccc(F)cc2F)cc1OC. The Balaban J connectivity index is 2.15. The molecule has 0 aliphatic rings. The third-order valence-corrected chi connectivity index (χ3v) is 3.62. The van der Waals surface area contributed by atoms with Gasteiger partial charge in [-0.1, -0.05) is 6.92 Å². The van der Waals surface area contributed by atoms with Crippen LogP contribution < -0.4 is 14.9 Å². The summed E-state index contributed by atoms with van der Waals surface area (Å²) in [5.74, 6) is -0.172. The van der Waals surface area contributed by atoms with Gasteiger partial charge in [-0.25, -0.2) is 8.78 Å². The number of halogens is 3. The van der Waals surface area contributed by atoms with Crippen molar-refractivity contribution in [3.05, 3.63) is 52.0 Å². The van der Waals surface area contributed by atoms with E-state index in [-0.39, 0.29) is 5.69 Å². The Bertz CT molecular complexity index is 739. The molecule has 2 aromatic carbocycles. The molecule has 1 N–H and O–H groups in total. The highest BCUT2D eigenvalue weighted by Gasteiger charge is 2.11. The van der Waals surface area contributed by atoms with Gasteiger partial charge in [0.15, 0.2) is 17.3 Å². The highest BCUT2D eigenvalue weighted by Crippen LogP contribution is 2.36. The molecule has 0 amide bonds. The first-order valence-corrected chi connectivity index (χ1v) is 8.09. The van der Waals surface area contributed by atoms with Crippen LogP contribution in [0.4, 0.5) is 14.5 Å². The lowest BCUT2D eigenvalue weighted by molar-refractivity contribution is 0.292. The fraction of sp³-hybridized carbons (Fsp3) is 0.235. The average molecular weight is 399 g/mol. The molecular weight excluding hydrogens is 382 g/mol. The van der Waals surface area contributed by atoms with E-state index in [0.29, 0.717) is 18.1 Å². The van der Waals surface area contributed by atoms with Gasteiger partial charge in [-0.3, -0.25) is 5.43 Å². The number of nitrogens with zero attached hydrogens (tertiary/aromatic N) is 1. The molecule has 0 saturated carbocycles. The smallest absolute Gasteiger partial charge is 0.175 e. The lowest BCUT2D eigenvalue weighted by atomic mass is 10.2. The molecule has 0 aromatic heterocycles. The zero-order valence-corrected chi connectivity index (χ0v) is 14.9. The number of hydrogen-bond acceptors (Lipinski definition) is 4. The molecule has 0 saturated heterocycles. The van der Waals surface area contributed by atoms with E-state index in [0.717, 1.165) is 28.6 Å². The molecule has 128 valence electrons. The minimum Gasteiger partial charge on any atom is -0.493 e. The Morgan fingerprint density at radius 1 is 1.25 bits per heavy atom. The topological polar surface area (TPSA) is 42.8 Å². The molecule has 2 rings (SSSR count). The van der Waals surface area contributed by atoms with Gasteiger partial charge in [0.2, 0.25) is 0 Å². The summed E-state index contributed by atoms with van der Waals surface area (Å²) in [5, 5.41) is 3.96.